The highest BCUT2D eigenvalue weighted by Crippen LogP contribution is 2.33. The third-order valence-electron chi connectivity index (χ3n) is 5.93. The fourth-order valence-corrected chi connectivity index (χ4v) is 4.11. The van der Waals surface area contributed by atoms with Gasteiger partial charge in [0.2, 0.25) is 0 Å². The van der Waals surface area contributed by atoms with Crippen molar-refractivity contribution in [2.75, 3.05) is 6.61 Å². The number of benzene rings is 1. The molecule has 1 aromatic heterocycles. The number of aromatic nitrogens is 2. The second kappa shape index (κ2) is 10.4. The highest BCUT2D eigenvalue weighted by atomic mass is 16.5. The van der Waals surface area contributed by atoms with E-state index in [1.807, 2.05) is 24.5 Å². The van der Waals surface area contributed by atoms with Crippen molar-refractivity contribution in [3.05, 3.63) is 42.2 Å². The van der Waals surface area contributed by atoms with Crippen molar-refractivity contribution in [3.63, 3.8) is 0 Å². The van der Waals surface area contributed by atoms with Crippen molar-refractivity contribution >= 4 is 0 Å². The van der Waals surface area contributed by atoms with Gasteiger partial charge in [-0.25, -0.2) is 9.97 Å². The van der Waals surface area contributed by atoms with E-state index in [9.17, 15) is 0 Å². The maximum Gasteiger partial charge on any atom is 0.159 e. The van der Waals surface area contributed by atoms with Crippen LogP contribution in [-0.2, 0) is 6.42 Å². The molecule has 0 bridgehead atoms. The molecule has 0 atom stereocenters. The number of nitrogens with zero attached hydrogens (tertiary/aromatic N) is 2. The van der Waals surface area contributed by atoms with E-state index in [2.05, 4.69) is 35.9 Å². The lowest BCUT2D eigenvalue weighted by Gasteiger charge is -2.27. The fraction of sp³-hybridized carbons (Fsp3) is 0.583. The normalized spacial score (nSPS) is 19.8. The van der Waals surface area contributed by atoms with Gasteiger partial charge in [-0.1, -0.05) is 52.4 Å². The third-order valence-corrected chi connectivity index (χ3v) is 5.93. The van der Waals surface area contributed by atoms with Gasteiger partial charge < -0.3 is 4.74 Å². The lowest BCUT2D eigenvalue weighted by atomic mass is 9.79. The Morgan fingerprint density at radius 2 is 1.59 bits per heavy atom. The molecular weight excluding hydrogens is 332 g/mol. The monoisotopic (exact) mass is 366 g/mol. The Morgan fingerprint density at radius 1 is 0.926 bits per heavy atom. The minimum Gasteiger partial charge on any atom is -0.494 e. The summed E-state index contributed by atoms with van der Waals surface area (Å²) < 4.78 is 5.94. The highest BCUT2D eigenvalue weighted by Gasteiger charge is 2.19. The molecule has 2 aromatic rings. The average molecular weight is 367 g/mol. The van der Waals surface area contributed by atoms with E-state index in [1.54, 1.807) is 0 Å². The first-order chi connectivity index (χ1) is 13.3. The van der Waals surface area contributed by atoms with Crippen LogP contribution in [-0.4, -0.2) is 16.6 Å². The minimum absolute atomic E-state index is 0.782. The molecule has 1 heterocycles. The van der Waals surface area contributed by atoms with Crippen molar-refractivity contribution < 1.29 is 4.74 Å². The molecule has 0 spiro atoms. The third kappa shape index (κ3) is 6.05. The molecule has 1 aliphatic carbocycles. The van der Waals surface area contributed by atoms with Gasteiger partial charge in [0.15, 0.2) is 5.82 Å². The summed E-state index contributed by atoms with van der Waals surface area (Å²) in [6.45, 7) is 5.32. The molecule has 1 fully saturated rings. The van der Waals surface area contributed by atoms with Gasteiger partial charge in [0.1, 0.15) is 5.75 Å². The van der Waals surface area contributed by atoms with Crippen LogP contribution in [0.15, 0.2) is 36.7 Å². The smallest absolute Gasteiger partial charge is 0.159 e. The number of hydrogen-bond acceptors (Lipinski definition) is 3. The van der Waals surface area contributed by atoms with E-state index < -0.39 is 0 Å². The second-order valence-corrected chi connectivity index (χ2v) is 7.97. The highest BCUT2D eigenvalue weighted by molar-refractivity contribution is 5.55. The maximum atomic E-state index is 5.94. The average Bonchev–Trinajstić information content (AvgIpc) is 2.73. The van der Waals surface area contributed by atoms with Crippen molar-refractivity contribution in [3.8, 4) is 17.1 Å². The molecule has 3 nitrogen and oxygen atoms in total. The first-order valence-electron chi connectivity index (χ1n) is 10.8. The van der Waals surface area contributed by atoms with Crippen LogP contribution in [0, 0.1) is 11.8 Å². The fourth-order valence-electron chi connectivity index (χ4n) is 4.11. The van der Waals surface area contributed by atoms with Gasteiger partial charge in [0.05, 0.1) is 6.61 Å². The predicted octanol–water partition coefficient (Wildman–Crippen LogP) is 6.47. The largest absolute Gasteiger partial charge is 0.494 e. The van der Waals surface area contributed by atoms with Crippen LogP contribution >= 0.6 is 0 Å². The van der Waals surface area contributed by atoms with E-state index in [0.29, 0.717) is 0 Å². The van der Waals surface area contributed by atoms with Gasteiger partial charge in [-0.2, -0.15) is 0 Å². The summed E-state index contributed by atoms with van der Waals surface area (Å²) >= 11 is 0. The summed E-state index contributed by atoms with van der Waals surface area (Å²) in [5.41, 5.74) is 2.24. The summed E-state index contributed by atoms with van der Waals surface area (Å²) in [5, 5.41) is 0. The van der Waals surface area contributed by atoms with Crippen LogP contribution in [0.3, 0.4) is 0 Å². The summed E-state index contributed by atoms with van der Waals surface area (Å²) in [5.74, 6) is 3.63. The molecule has 3 rings (SSSR count). The first kappa shape index (κ1) is 19.9. The van der Waals surface area contributed by atoms with Gasteiger partial charge in [0.25, 0.3) is 0 Å². The molecule has 0 aliphatic heterocycles. The van der Waals surface area contributed by atoms with Crippen LogP contribution < -0.4 is 4.74 Å². The van der Waals surface area contributed by atoms with Gasteiger partial charge in [-0.3, -0.25) is 0 Å². The van der Waals surface area contributed by atoms with E-state index >= 15 is 0 Å². The lowest BCUT2D eigenvalue weighted by Crippen LogP contribution is -2.14. The standard InChI is InChI=1S/C24H34N2O/c1-3-6-21-17-25-24(26-18-21)22-12-14-23(15-13-22)27-16-5-7-20-10-8-19(4-2)9-11-20/h12-15,17-20H,3-11,16H2,1-2H3. The molecule has 27 heavy (non-hydrogen) atoms. The predicted molar refractivity (Wildman–Crippen MR) is 112 cm³/mol. The molecule has 3 heteroatoms. The Bertz CT molecular complexity index is 658. The van der Waals surface area contributed by atoms with E-state index in [1.165, 1.54) is 44.1 Å². The molecule has 146 valence electrons. The van der Waals surface area contributed by atoms with E-state index in [0.717, 1.165) is 54.8 Å². The van der Waals surface area contributed by atoms with E-state index in [4.69, 9.17) is 4.74 Å². The number of aryl methyl sites for hydroxylation is 1. The molecule has 0 saturated heterocycles. The Morgan fingerprint density at radius 3 is 2.22 bits per heavy atom. The minimum atomic E-state index is 0.782. The van der Waals surface area contributed by atoms with Gasteiger partial charge in [-0.05, 0) is 60.9 Å². The lowest BCUT2D eigenvalue weighted by molar-refractivity contribution is 0.234. The SMILES string of the molecule is CCCc1cnc(-c2ccc(OCCCC3CCC(CC)CC3)cc2)nc1. The zero-order valence-corrected chi connectivity index (χ0v) is 17.0. The zero-order chi connectivity index (χ0) is 18.9. The Kier molecular flexibility index (Phi) is 7.67. The van der Waals surface area contributed by atoms with Crippen molar-refractivity contribution in [1.29, 1.82) is 0 Å². The van der Waals surface area contributed by atoms with E-state index in [-0.39, 0.29) is 0 Å². The first-order valence-corrected chi connectivity index (χ1v) is 10.8. The number of rotatable bonds is 9. The summed E-state index contributed by atoms with van der Waals surface area (Å²) in [6.07, 6.45) is 15.6. The summed E-state index contributed by atoms with van der Waals surface area (Å²) in [7, 11) is 0. The quantitative estimate of drug-likeness (QED) is 0.477. The van der Waals surface area contributed by atoms with Crippen molar-refractivity contribution in [2.24, 2.45) is 11.8 Å². The molecule has 0 unspecified atom stereocenters. The summed E-state index contributed by atoms with van der Waals surface area (Å²) in [4.78, 5) is 8.97. The molecule has 0 N–H and O–H groups in total. The maximum absolute atomic E-state index is 5.94. The Balaban J connectivity index is 1.40. The van der Waals surface area contributed by atoms with Crippen molar-refractivity contribution in [2.45, 2.75) is 71.6 Å². The van der Waals surface area contributed by atoms with Crippen molar-refractivity contribution in [1.82, 2.24) is 9.97 Å². The number of hydrogen-bond donors (Lipinski definition) is 0. The molecular formula is C24H34N2O. The van der Waals surface area contributed by atoms with Crippen LogP contribution in [0.5, 0.6) is 5.75 Å². The van der Waals surface area contributed by atoms with Gasteiger partial charge >= 0.3 is 0 Å². The topological polar surface area (TPSA) is 35.0 Å². The Hall–Kier alpha value is -1.90. The van der Waals surface area contributed by atoms with Crippen LogP contribution in [0.4, 0.5) is 0 Å². The molecule has 0 amide bonds. The van der Waals surface area contributed by atoms with Crippen LogP contribution in [0.1, 0.15) is 70.8 Å². The van der Waals surface area contributed by atoms with Gasteiger partial charge in [0, 0.05) is 18.0 Å². The Labute approximate surface area is 164 Å². The van der Waals surface area contributed by atoms with Crippen LogP contribution in [0.25, 0.3) is 11.4 Å². The number of ether oxygens (including phenoxy) is 1. The summed E-state index contributed by atoms with van der Waals surface area (Å²) in [6, 6.07) is 8.17. The second-order valence-electron chi connectivity index (χ2n) is 7.97. The molecule has 1 aromatic carbocycles. The molecule has 0 radical (unpaired) electrons. The molecule has 1 aliphatic rings. The zero-order valence-electron chi connectivity index (χ0n) is 17.0. The molecule has 1 saturated carbocycles. The van der Waals surface area contributed by atoms with Crippen LogP contribution in [0.2, 0.25) is 0 Å². The van der Waals surface area contributed by atoms with Gasteiger partial charge in [-0.15, -0.1) is 0 Å².